The molecule has 18 heavy (non-hydrogen) atoms. The molecule has 0 fully saturated rings. The summed E-state index contributed by atoms with van der Waals surface area (Å²) in [5.41, 5.74) is 1.94. The number of carbonyl (C=O) groups is 2. The Morgan fingerprint density at radius 2 is 1.72 bits per heavy atom. The standard InChI is InChI=1S/C15H20O3/c1-11(2)12-7-9-13(10-8-12)14(16)5-4-6-15(17)18-3/h7-11H,4-6H2,1-3H3. The molecule has 0 aromatic heterocycles. The third kappa shape index (κ3) is 4.32. The molecule has 0 amide bonds. The van der Waals surface area contributed by atoms with Gasteiger partial charge in [-0.1, -0.05) is 38.1 Å². The molecule has 0 atom stereocenters. The number of ketones is 1. The summed E-state index contributed by atoms with van der Waals surface area (Å²) in [6.45, 7) is 4.24. The van der Waals surface area contributed by atoms with Crippen LogP contribution in [0.5, 0.6) is 0 Å². The normalized spacial score (nSPS) is 10.4. The smallest absolute Gasteiger partial charge is 0.305 e. The van der Waals surface area contributed by atoms with Crippen molar-refractivity contribution in [1.29, 1.82) is 0 Å². The molecular weight excluding hydrogens is 228 g/mol. The van der Waals surface area contributed by atoms with Crippen LogP contribution in [0, 0.1) is 0 Å². The molecule has 0 saturated carbocycles. The van der Waals surface area contributed by atoms with Gasteiger partial charge in [0.05, 0.1) is 7.11 Å². The lowest BCUT2D eigenvalue weighted by Gasteiger charge is -2.06. The second-order valence-corrected chi connectivity index (χ2v) is 4.63. The van der Waals surface area contributed by atoms with E-state index in [1.54, 1.807) is 0 Å². The maximum Gasteiger partial charge on any atom is 0.305 e. The molecular formula is C15H20O3. The number of ether oxygens (including phenoxy) is 1. The predicted octanol–water partition coefficient (Wildman–Crippen LogP) is 3.34. The second kappa shape index (κ2) is 6.94. The lowest BCUT2D eigenvalue weighted by atomic mass is 9.99. The van der Waals surface area contributed by atoms with Gasteiger partial charge in [-0.3, -0.25) is 9.59 Å². The summed E-state index contributed by atoms with van der Waals surface area (Å²) < 4.78 is 4.53. The summed E-state index contributed by atoms with van der Waals surface area (Å²) in [5.74, 6) is 0.278. The van der Waals surface area contributed by atoms with Crippen molar-refractivity contribution in [2.24, 2.45) is 0 Å². The van der Waals surface area contributed by atoms with Gasteiger partial charge in [0.1, 0.15) is 0 Å². The molecule has 0 aliphatic rings. The van der Waals surface area contributed by atoms with Crippen LogP contribution in [0.25, 0.3) is 0 Å². The SMILES string of the molecule is COC(=O)CCCC(=O)c1ccc(C(C)C)cc1. The van der Waals surface area contributed by atoms with Crippen LogP contribution in [-0.4, -0.2) is 18.9 Å². The van der Waals surface area contributed by atoms with Crippen molar-refractivity contribution in [3.05, 3.63) is 35.4 Å². The zero-order valence-electron chi connectivity index (χ0n) is 11.2. The van der Waals surface area contributed by atoms with Gasteiger partial charge in [0.2, 0.25) is 0 Å². The molecule has 0 saturated heterocycles. The third-order valence-corrected chi connectivity index (χ3v) is 2.91. The molecule has 0 bridgehead atoms. The first kappa shape index (κ1) is 14.4. The molecule has 0 radical (unpaired) electrons. The van der Waals surface area contributed by atoms with Crippen LogP contribution in [0.15, 0.2) is 24.3 Å². The highest BCUT2D eigenvalue weighted by atomic mass is 16.5. The van der Waals surface area contributed by atoms with Crippen LogP contribution in [-0.2, 0) is 9.53 Å². The number of rotatable bonds is 6. The number of carbonyl (C=O) groups excluding carboxylic acids is 2. The van der Waals surface area contributed by atoms with Gasteiger partial charge in [-0.25, -0.2) is 0 Å². The van der Waals surface area contributed by atoms with Crippen molar-refractivity contribution in [2.45, 2.75) is 39.0 Å². The van der Waals surface area contributed by atoms with E-state index in [0.717, 1.165) is 0 Å². The van der Waals surface area contributed by atoms with Crippen molar-refractivity contribution in [3.8, 4) is 0 Å². The van der Waals surface area contributed by atoms with E-state index < -0.39 is 0 Å². The van der Waals surface area contributed by atoms with Crippen molar-refractivity contribution in [3.63, 3.8) is 0 Å². The molecule has 0 heterocycles. The van der Waals surface area contributed by atoms with Crippen LogP contribution in [0.3, 0.4) is 0 Å². The summed E-state index contributed by atoms with van der Waals surface area (Å²) in [5, 5.41) is 0. The predicted molar refractivity (Wildman–Crippen MR) is 70.7 cm³/mol. The highest BCUT2D eigenvalue weighted by molar-refractivity contribution is 5.96. The molecule has 0 aliphatic heterocycles. The lowest BCUT2D eigenvalue weighted by molar-refractivity contribution is -0.140. The maximum absolute atomic E-state index is 11.8. The van der Waals surface area contributed by atoms with Gasteiger partial charge in [-0.2, -0.15) is 0 Å². The Balaban J connectivity index is 2.49. The van der Waals surface area contributed by atoms with Crippen LogP contribution >= 0.6 is 0 Å². The van der Waals surface area contributed by atoms with Crippen LogP contribution < -0.4 is 0 Å². The van der Waals surface area contributed by atoms with E-state index in [1.807, 2.05) is 24.3 Å². The van der Waals surface area contributed by atoms with E-state index in [9.17, 15) is 9.59 Å². The van der Waals surface area contributed by atoms with Gasteiger partial charge in [-0.15, -0.1) is 0 Å². The van der Waals surface area contributed by atoms with E-state index in [2.05, 4.69) is 18.6 Å². The van der Waals surface area contributed by atoms with E-state index in [-0.39, 0.29) is 11.8 Å². The van der Waals surface area contributed by atoms with E-state index >= 15 is 0 Å². The third-order valence-electron chi connectivity index (χ3n) is 2.91. The van der Waals surface area contributed by atoms with E-state index in [1.165, 1.54) is 12.7 Å². The van der Waals surface area contributed by atoms with Crippen molar-refractivity contribution < 1.29 is 14.3 Å². The monoisotopic (exact) mass is 248 g/mol. The van der Waals surface area contributed by atoms with Gasteiger partial charge in [0, 0.05) is 18.4 Å². The topological polar surface area (TPSA) is 43.4 Å². The highest BCUT2D eigenvalue weighted by Gasteiger charge is 2.08. The maximum atomic E-state index is 11.8. The number of hydrogen-bond acceptors (Lipinski definition) is 3. The fraction of sp³-hybridized carbons (Fsp3) is 0.467. The van der Waals surface area contributed by atoms with Crippen molar-refractivity contribution in [2.75, 3.05) is 7.11 Å². The van der Waals surface area contributed by atoms with Gasteiger partial charge >= 0.3 is 5.97 Å². The fourth-order valence-electron chi connectivity index (χ4n) is 1.69. The van der Waals surface area contributed by atoms with Gasteiger partial charge in [0.25, 0.3) is 0 Å². The molecule has 1 rings (SSSR count). The molecule has 0 spiro atoms. The van der Waals surface area contributed by atoms with Crippen molar-refractivity contribution >= 4 is 11.8 Å². The summed E-state index contributed by atoms with van der Waals surface area (Å²) >= 11 is 0. The zero-order valence-corrected chi connectivity index (χ0v) is 11.2. The molecule has 1 aromatic carbocycles. The van der Waals surface area contributed by atoms with Crippen LogP contribution in [0.1, 0.15) is 54.9 Å². The first-order valence-electron chi connectivity index (χ1n) is 6.24. The minimum absolute atomic E-state index is 0.0780. The molecule has 0 unspecified atom stereocenters. The van der Waals surface area contributed by atoms with Gasteiger partial charge in [-0.05, 0) is 17.9 Å². The van der Waals surface area contributed by atoms with Crippen LogP contribution in [0.4, 0.5) is 0 Å². The molecule has 3 heteroatoms. The fourth-order valence-corrected chi connectivity index (χ4v) is 1.69. The first-order valence-corrected chi connectivity index (χ1v) is 6.24. The first-order chi connectivity index (χ1) is 8.54. The summed E-state index contributed by atoms with van der Waals surface area (Å²) in [7, 11) is 1.36. The Bertz CT molecular complexity index is 404. The minimum atomic E-state index is -0.266. The molecule has 1 aromatic rings. The Labute approximate surface area is 108 Å². The molecule has 98 valence electrons. The summed E-state index contributed by atoms with van der Waals surface area (Å²) in [4.78, 5) is 22.8. The average Bonchev–Trinajstić information content (AvgIpc) is 2.38. The quantitative estimate of drug-likeness (QED) is 0.573. The summed E-state index contributed by atoms with van der Waals surface area (Å²) in [6.07, 6.45) is 1.22. The van der Waals surface area contributed by atoms with Crippen molar-refractivity contribution in [1.82, 2.24) is 0 Å². The zero-order chi connectivity index (χ0) is 13.5. The number of esters is 1. The van der Waals surface area contributed by atoms with Crippen LogP contribution in [0.2, 0.25) is 0 Å². The Kier molecular flexibility index (Phi) is 5.56. The highest BCUT2D eigenvalue weighted by Crippen LogP contribution is 2.16. The Morgan fingerprint density at radius 3 is 2.22 bits per heavy atom. The Hall–Kier alpha value is -1.64. The molecule has 0 N–H and O–H groups in total. The van der Waals surface area contributed by atoms with E-state index in [4.69, 9.17) is 0 Å². The number of benzene rings is 1. The Morgan fingerprint density at radius 1 is 1.11 bits per heavy atom. The molecule has 3 nitrogen and oxygen atoms in total. The minimum Gasteiger partial charge on any atom is -0.469 e. The van der Waals surface area contributed by atoms with E-state index in [0.29, 0.717) is 30.7 Å². The lowest BCUT2D eigenvalue weighted by Crippen LogP contribution is -2.04. The van der Waals surface area contributed by atoms with Gasteiger partial charge in [0.15, 0.2) is 5.78 Å². The second-order valence-electron chi connectivity index (χ2n) is 4.63. The largest absolute Gasteiger partial charge is 0.469 e. The van der Waals surface area contributed by atoms with Gasteiger partial charge < -0.3 is 4.74 Å². The number of hydrogen-bond donors (Lipinski definition) is 0. The number of Topliss-reactive ketones (excluding diaryl/α,β-unsaturated/α-hetero) is 1. The average molecular weight is 248 g/mol. The molecule has 0 aliphatic carbocycles. The summed E-state index contributed by atoms with van der Waals surface area (Å²) in [6, 6.07) is 7.68. The number of methoxy groups -OCH3 is 1.